The predicted octanol–water partition coefficient (Wildman–Crippen LogP) is 7.24. The highest BCUT2D eigenvalue weighted by Gasteiger charge is 2.08. The van der Waals surface area contributed by atoms with Gasteiger partial charge in [0.25, 0.3) is 0 Å². The third kappa shape index (κ3) is 6.90. The van der Waals surface area contributed by atoms with Crippen molar-refractivity contribution in [3.63, 3.8) is 0 Å². The summed E-state index contributed by atoms with van der Waals surface area (Å²) in [5.41, 5.74) is 3.51. The van der Waals surface area contributed by atoms with Crippen molar-refractivity contribution in [3.8, 4) is 5.75 Å². The monoisotopic (exact) mass is 662 g/mol. The number of thioether (sulfide) groups is 1. The number of carbonyl (C=O) groups is 1. The largest absolute Gasteiger partial charge is 0.482 e. The van der Waals surface area contributed by atoms with Crippen LogP contribution in [0.4, 0.5) is 0 Å². The summed E-state index contributed by atoms with van der Waals surface area (Å²) < 4.78 is 7.57. The van der Waals surface area contributed by atoms with Gasteiger partial charge in [0.2, 0.25) is 0 Å². The third-order valence-electron chi connectivity index (χ3n) is 4.10. The van der Waals surface area contributed by atoms with Gasteiger partial charge in [-0.05, 0) is 104 Å². The first kappa shape index (κ1) is 23.4. The topological polar surface area (TPSA) is 46.5 Å². The van der Waals surface area contributed by atoms with E-state index >= 15 is 0 Å². The van der Waals surface area contributed by atoms with Gasteiger partial charge in [0.05, 0.1) is 5.02 Å². The number of hydrogen-bond donors (Lipinski definition) is 1. The molecule has 3 rings (SSSR count). The van der Waals surface area contributed by atoms with Crippen LogP contribution in [0.15, 0.2) is 77.7 Å². The van der Waals surface area contributed by atoms with Gasteiger partial charge >= 0.3 is 5.97 Å². The molecule has 0 saturated carbocycles. The van der Waals surface area contributed by atoms with Crippen LogP contribution in [0.1, 0.15) is 11.1 Å². The molecule has 0 bridgehead atoms. The maximum atomic E-state index is 10.6. The molecule has 0 aliphatic carbocycles. The van der Waals surface area contributed by atoms with Gasteiger partial charge in [0, 0.05) is 17.8 Å². The molecule has 0 amide bonds. The van der Waals surface area contributed by atoms with Crippen molar-refractivity contribution in [3.05, 3.63) is 96.1 Å². The quantitative estimate of drug-likeness (QED) is 0.204. The lowest BCUT2D eigenvalue weighted by Crippen LogP contribution is -2.09. The molecule has 0 fully saturated rings. The molecule has 0 aliphatic heterocycles. The van der Waals surface area contributed by atoms with Crippen LogP contribution in [0.2, 0.25) is 5.02 Å². The molecule has 154 valence electrons. The highest BCUT2D eigenvalue weighted by Crippen LogP contribution is 2.32. The highest BCUT2D eigenvalue weighted by atomic mass is 127. The predicted molar refractivity (Wildman–Crippen MR) is 141 cm³/mol. The van der Waals surface area contributed by atoms with Gasteiger partial charge in [-0.1, -0.05) is 41.9 Å². The van der Waals surface area contributed by atoms with E-state index in [1.165, 1.54) is 23.8 Å². The molecule has 3 aromatic carbocycles. The Morgan fingerprint density at radius 1 is 0.967 bits per heavy atom. The van der Waals surface area contributed by atoms with Crippen molar-refractivity contribution in [1.82, 2.24) is 0 Å². The van der Waals surface area contributed by atoms with Crippen LogP contribution in [0.5, 0.6) is 5.75 Å². The van der Waals surface area contributed by atoms with Crippen molar-refractivity contribution in [2.75, 3.05) is 12.4 Å². The Bertz CT molecular complexity index is 1000. The smallest absolute Gasteiger partial charge is 0.341 e. The lowest BCUT2D eigenvalue weighted by Gasteiger charge is -2.10. The van der Waals surface area contributed by atoms with Gasteiger partial charge < -0.3 is 9.84 Å². The Kier molecular flexibility index (Phi) is 8.91. The third-order valence-corrected chi connectivity index (χ3v) is 6.97. The molecule has 0 spiro atoms. The second-order valence-electron chi connectivity index (χ2n) is 6.22. The molecule has 0 heterocycles. The van der Waals surface area contributed by atoms with E-state index in [2.05, 4.69) is 99.8 Å². The molecule has 0 aliphatic rings. The molecule has 3 nitrogen and oxygen atoms in total. The summed E-state index contributed by atoms with van der Waals surface area (Å²) in [6, 6.07) is 22.2. The number of carboxylic acid groups (broad SMARTS) is 1. The van der Waals surface area contributed by atoms with E-state index in [9.17, 15) is 4.79 Å². The van der Waals surface area contributed by atoms with E-state index in [1.807, 2.05) is 6.07 Å². The zero-order valence-corrected chi connectivity index (χ0v) is 21.5. The summed E-state index contributed by atoms with van der Waals surface area (Å²) in [6.07, 6.45) is 2.21. The zero-order chi connectivity index (χ0) is 21.5. The van der Waals surface area contributed by atoms with E-state index in [4.69, 9.17) is 21.4 Å². The van der Waals surface area contributed by atoms with E-state index in [1.54, 1.807) is 23.9 Å². The van der Waals surface area contributed by atoms with Crippen LogP contribution in [0.25, 0.3) is 5.57 Å². The van der Waals surface area contributed by atoms with Crippen molar-refractivity contribution < 1.29 is 14.6 Å². The summed E-state index contributed by atoms with van der Waals surface area (Å²) in [5.74, 6) is 0.164. The van der Waals surface area contributed by atoms with Crippen molar-refractivity contribution >= 4 is 80.1 Å². The average Bonchev–Trinajstić information content (AvgIpc) is 2.72. The Balaban J connectivity index is 1.78. The van der Waals surface area contributed by atoms with Crippen LogP contribution >= 0.6 is 68.5 Å². The summed E-state index contributed by atoms with van der Waals surface area (Å²) in [6.45, 7) is -0.388. The fourth-order valence-electron chi connectivity index (χ4n) is 2.71. The van der Waals surface area contributed by atoms with Gasteiger partial charge in [0.15, 0.2) is 6.61 Å². The van der Waals surface area contributed by atoms with Crippen molar-refractivity contribution in [2.24, 2.45) is 0 Å². The number of carboxylic acids is 1. The number of benzene rings is 3. The first-order chi connectivity index (χ1) is 14.4. The minimum absolute atomic E-state index is 0.388. The van der Waals surface area contributed by atoms with E-state index in [0.717, 1.165) is 10.6 Å². The molecule has 0 unspecified atom stereocenters. The van der Waals surface area contributed by atoms with Crippen LogP contribution in [0, 0.1) is 7.14 Å². The van der Waals surface area contributed by atoms with Gasteiger partial charge in [-0.2, -0.15) is 0 Å². The van der Waals surface area contributed by atoms with E-state index in [-0.39, 0.29) is 6.61 Å². The average molecular weight is 663 g/mol. The molecule has 30 heavy (non-hydrogen) atoms. The minimum atomic E-state index is -1.02. The fourth-order valence-corrected chi connectivity index (χ4v) is 4.55. The molecular weight excluding hydrogens is 646 g/mol. The van der Waals surface area contributed by atoms with Crippen LogP contribution in [-0.2, 0) is 4.79 Å². The van der Waals surface area contributed by atoms with E-state index < -0.39 is 5.97 Å². The number of rotatable bonds is 8. The van der Waals surface area contributed by atoms with Crippen molar-refractivity contribution in [1.29, 1.82) is 0 Å². The number of halogens is 3. The van der Waals surface area contributed by atoms with E-state index in [0.29, 0.717) is 10.8 Å². The molecule has 0 atom stereocenters. The molecule has 1 N–H and O–H groups in total. The molecule has 7 heteroatoms. The lowest BCUT2D eigenvalue weighted by molar-refractivity contribution is -0.139. The molecule has 0 aromatic heterocycles. The maximum absolute atomic E-state index is 10.6. The number of ether oxygens (including phenoxy) is 1. The number of aliphatic carboxylic acids is 1. The Morgan fingerprint density at radius 3 is 2.03 bits per heavy atom. The van der Waals surface area contributed by atoms with Gasteiger partial charge in [0.1, 0.15) is 5.75 Å². The standard InChI is InChI=1S/C23H17ClI2O3S/c24-21-13-19(29-14-23(27)28)9-10-22(21)30-12-11-20(15-1-5-17(25)6-2-15)16-3-7-18(26)8-4-16/h1-11,13H,12,14H2,(H,27,28). The summed E-state index contributed by atoms with van der Waals surface area (Å²) in [4.78, 5) is 11.5. The normalized spacial score (nSPS) is 10.5. The van der Waals surface area contributed by atoms with Gasteiger partial charge in [-0.3, -0.25) is 0 Å². The SMILES string of the molecule is O=C(O)COc1ccc(SCC=C(c2ccc(I)cc2)c2ccc(I)cc2)c(Cl)c1. The second-order valence-corrected chi connectivity index (χ2v) is 10.2. The molecule has 3 aromatic rings. The second kappa shape index (κ2) is 11.4. The summed E-state index contributed by atoms with van der Waals surface area (Å²) >= 11 is 12.6. The summed E-state index contributed by atoms with van der Waals surface area (Å²) in [7, 11) is 0. The van der Waals surface area contributed by atoms with Crippen LogP contribution < -0.4 is 4.74 Å². The Labute approximate surface area is 212 Å². The lowest BCUT2D eigenvalue weighted by atomic mass is 9.98. The zero-order valence-electron chi connectivity index (χ0n) is 15.6. The Morgan fingerprint density at radius 2 is 1.53 bits per heavy atom. The first-order valence-corrected chi connectivity index (χ1v) is 12.4. The minimum Gasteiger partial charge on any atom is -0.482 e. The Hall–Kier alpha value is -1.23. The maximum Gasteiger partial charge on any atom is 0.341 e. The van der Waals surface area contributed by atoms with Gasteiger partial charge in [-0.15, -0.1) is 11.8 Å². The molecular formula is C23H17ClI2O3S. The number of hydrogen-bond acceptors (Lipinski definition) is 3. The van der Waals surface area contributed by atoms with Crippen LogP contribution in [-0.4, -0.2) is 23.4 Å². The fraction of sp³-hybridized carbons (Fsp3) is 0.0870. The molecule has 0 saturated heterocycles. The highest BCUT2D eigenvalue weighted by molar-refractivity contribution is 14.1. The summed E-state index contributed by atoms with van der Waals surface area (Å²) in [5, 5.41) is 9.26. The van der Waals surface area contributed by atoms with Crippen molar-refractivity contribution in [2.45, 2.75) is 4.90 Å². The van der Waals surface area contributed by atoms with Gasteiger partial charge in [-0.25, -0.2) is 4.79 Å². The molecule has 0 radical (unpaired) electrons. The van der Waals surface area contributed by atoms with Crippen LogP contribution in [0.3, 0.4) is 0 Å². The first-order valence-electron chi connectivity index (χ1n) is 8.91.